The van der Waals surface area contributed by atoms with Gasteiger partial charge in [-0.25, -0.2) is 8.78 Å². The van der Waals surface area contributed by atoms with Crippen molar-refractivity contribution in [2.75, 3.05) is 33.7 Å². The summed E-state index contributed by atoms with van der Waals surface area (Å²) in [6.45, 7) is 3.29. The maximum absolute atomic E-state index is 13.6. The van der Waals surface area contributed by atoms with Crippen molar-refractivity contribution in [2.45, 2.75) is 19.4 Å². The first kappa shape index (κ1) is 16.7. The summed E-state index contributed by atoms with van der Waals surface area (Å²) in [5, 5.41) is 6.29. The number of benzene rings is 1. The number of hydrogen-bond acceptors (Lipinski definition) is 2. The first-order valence-electron chi connectivity index (χ1n) is 7.65. The number of piperidine rings is 1. The Morgan fingerprint density at radius 3 is 2.68 bits per heavy atom. The van der Waals surface area contributed by atoms with Crippen molar-refractivity contribution >= 4 is 5.96 Å². The van der Waals surface area contributed by atoms with Crippen LogP contribution in [0.5, 0.6) is 0 Å². The molecule has 22 heavy (non-hydrogen) atoms. The molecule has 122 valence electrons. The lowest BCUT2D eigenvalue weighted by Crippen LogP contribution is -2.42. The van der Waals surface area contributed by atoms with Crippen LogP contribution in [0, 0.1) is 17.6 Å². The van der Waals surface area contributed by atoms with Gasteiger partial charge in [0.25, 0.3) is 0 Å². The highest BCUT2D eigenvalue weighted by molar-refractivity contribution is 5.79. The van der Waals surface area contributed by atoms with Crippen molar-refractivity contribution in [2.24, 2.45) is 10.9 Å². The van der Waals surface area contributed by atoms with Crippen molar-refractivity contribution in [3.8, 4) is 0 Å². The van der Waals surface area contributed by atoms with E-state index in [0.717, 1.165) is 31.8 Å². The lowest BCUT2D eigenvalue weighted by Gasteiger charge is -2.29. The van der Waals surface area contributed by atoms with Crippen LogP contribution in [0.2, 0.25) is 0 Å². The fraction of sp³-hybridized carbons (Fsp3) is 0.562. The van der Waals surface area contributed by atoms with Crippen molar-refractivity contribution in [3.05, 3.63) is 35.4 Å². The van der Waals surface area contributed by atoms with Crippen LogP contribution >= 0.6 is 0 Å². The molecule has 0 radical (unpaired) electrons. The van der Waals surface area contributed by atoms with Gasteiger partial charge in [-0.15, -0.1) is 0 Å². The molecular formula is C16H24F2N4. The van der Waals surface area contributed by atoms with Gasteiger partial charge in [0.15, 0.2) is 5.96 Å². The monoisotopic (exact) mass is 310 g/mol. The fourth-order valence-corrected chi connectivity index (χ4v) is 2.59. The van der Waals surface area contributed by atoms with Gasteiger partial charge in [0.1, 0.15) is 11.6 Å². The van der Waals surface area contributed by atoms with Gasteiger partial charge in [-0.1, -0.05) is 0 Å². The summed E-state index contributed by atoms with van der Waals surface area (Å²) < 4.78 is 26.7. The van der Waals surface area contributed by atoms with Crippen molar-refractivity contribution in [3.63, 3.8) is 0 Å². The number of rotatable bonds is 4. The molecule has 0 spiro atoms. The highest BCUT2D eigenvalue weighted by atomic mass is 19.1. The summed E-state index contributed by atoms with van der Waals surface area (Å²) >= 11 is 0. The maximum atomic E-state index is 13.6. The topological polar surface area (TPSA) is 39.7 Å². The smallest absolute Gasteiger partial charge is 0.191 e. The van der Waals surface area contributed by atoms with E-state index in [4.69, 9.17) is 0 Å². The predicted molar refractivity (Wildman–Crippen MR) is 84.8 cm³/mol. The van der Waals surface area contributed by atoms with Crippen molar-refractivity contribution < 1.29 is 8.78 Å². The first-order chi connectivity index (χ1) is 10.6. The summed E-state index contributed by atoms with van der Waals surface area (Å²) in [5.41, 5.74) is 0.294. The minimum absolute atomic E-state index is 0.205. The van der Waals surface area contributed by atoms with Crippen LogP contribution in [0.15, 0.2) is 23.2 Å². The van der Waals surface area contributed by atoms with Gasteiger partial charge in [0.2, 0.25) is 0 Å². The second-order valence-corrected chi connectivity index (χ2v) is 5.79. The number of likely N-dealkylation sites (tertiary alicyclic amines) is 1. The van der Waals surface area contributed by atoms with E-state index >= 15 is 0 Å². The second kappa shape index (κ2) is 8.08. The molecule has 1 aliphatic heterocycles. The lowest BCUT2D eigenvalue weighted by molar-refractivity contribution is 0.220. The highest BCUT2D eigenvalue weighted by Gasteiger charge is 2.16. The highest BCUT2D eigenvalue weighted by Crippen LogP contribution is 2.14. The van der Waals surface area contributed by atoms with Crippen LogP contribution < -0.4 is 10.6 Å². The molecule has 1 fully saturated rings. The van der Waals surface area contributed by atoms with Crippen LogP contribution in [-0.4, -0.2) is 44.6 Å². The molecule has 1 saturated heterocycles. The van der Waals surface area contributed by atoms with E-state index in [0.29, 0.717) is 17.4 Å². The largest absolute Gasteiger partial charge is 0.356 e. The third-order valence-electron chi connectivity index (χ3n) is 4.07. The number of nitrogens with zero attached hydrogens (tertiary/aromatic N) is 2. The quantitative estimate of drug-likeness (QED) is 0.660. The molecule has 0 aromatic heterocycles. The molecule has 1 heterocycles. The zero-order chi connectivity index (χ0) is 15.9. The molecule has 0 saturated carbocycles. The average Bonchev–Trinajstić information content (AvgIpc) is 2.52. The summed E-state index contributed by atoms with van der Waals surface area (Å²) in [4.78, 5) is 6.45. The predicted octanol–water partition coefficient (Wildman–Crippen LogP) is 1.97. The molecule has 1 aliphatic rings. The molecule has 1 aromatic rings. The van der Waals surface area contributed by atoms with E-state index < -0.39 is 11.6 Å². The second-order valence-electron chi connectivity index (χ2n) is 5.79. The Hall–Kier alpha value is -1.69. The number of halogens is 2. The van der Waals surface area contributed by atoms with E-state index in [2.05, 4.69) is 27.6 Å². The third kappa shape index (κ3) is 4.94. The molecule has 1 aromatic carbocycles. The van der Waals surface area contributed by atoms with E-state index in [9.17, 15) is 8.78 Å². The van der Waals surface area contributed by atoms with Gasteiger partial charge >= 0.3 is 0 Å². The Labute approximate surface area is 130 Å². The SMILES string of the molecule is CN=C(NCc1cc(F)ccc1F)NCC1CCN(C)CC1. The summed E-state index contributed by atoms with van der Waals surface area (Å²) in [6, 6.07) is 3.46. The van der Waals surface area contributed by atoms with Gasteiger partial charge < -0.3 is 15.5 Å². The standard InChI is InChI=1S/C16H24F2N4/c1-19-16(20-10-12-5-7-22(2)8-6-12)21-11-13-9-14(17)3-4-15(13)18/h3-4,9,12H,5-8,10-11H2,1-2H3,(H2,19,20,21). The zero-order valence-corrected chi connectivity index (χ0v) is 13.2. The maximum Gasteiger partial charge on any atom is 0.191 e. The van der Waals surface area contributed by atoms with E-state index in [1.54, 1.807) is 7.05 Å². The normalized spacial score (nSPS) is 17.5. The van der Waals surface area contributed by atoms with E-state index in [-0.39, 0.29) is 6.54 Å². The summed E-state index contributed by atoms with van der Waals surface area (Å²) in [6.07, 6.45) is 2.33. The molecule has 6 heteroatoms. The van der Waals surface area contributed by atoms with Gasteiger partial charge in [-0.3, -0.25) is 4.99 Å². The minimum atomic E-state index is -0.438. The number of guanidine groups is 1. The molecule has 0 atom stereocenters. The molecule has 4 nitrogen and oxygen atoms in total. The average molecular weight is 310 g/mol. The van der Waals surface area contributed by atoms with Crippen molar-refractivity contribution in [1.29, 1.82) is 0 Å². The molecular weight excluding hydrogens is 286 g/mol. The van der Waals surface area contributed by atoms with Crippen LogP contribution in [0.25, 0.3) is 0 Å². The van der Waals surface area contributed by atoms with E-state index in [1.165, 1.54) is 18.9 Å². The van der Waals surface area contributed by atoms with Crippen LogP contribution in [0.4, 0.5) is 8.78 Å². The lowest BCUT2D eigenvalue weighted by atomic mass is 9.97. The Morgan fingerprint density at radius 1 is 1.27 bits per heavy atom. The molecule has 2 rings (SSSR count). The molecule has 0 unspecified atom stereocenters. The Balaban J connectivity index is 1.79. The molecule has 0 amide bonds. The van der Waals surface area contributed by atoms with Gasteiger partial charge in [0, 0.05) is 25.7 Å². The van der Waals surface area contributed by atoms with Crippen molar-refractivity contribution in [1.82, 2.24) is 15.5 Å². The van der Waals surface area contributed by atoms with Gasteiger partial charge in [-0.2, -0.15) is 0 Å². The van der Waals surface area contributed by atoms with Crippen LogP contribution in [0.1, 0.15) is 18.4 Å². The minimum Gasteiger partial charge on any atom is -0.356 e. The summed E-state index contributed by atoms with van der Waals surface area (Å²) in [5.74, 6) is 0.385. The number of hydrogen-bond donors (Lipinski definition) is 2. The Kier molecular flexibility index (Phi) is 6.12. The zero-order valence-electron chi connectivity index (χ0n) is 13.2. The first-order valence-corrected chi connectivity index (χ1v) is 7.65. The van der Waals surface area contributed by atoms with E-state index in [1.807, 2.05) is 0 Å². The van der Waals surface area contributed by atoms with Gasteiger partial charge in [0.05, 0.1) is 0 Å². The molecule has 2 N–H and O–H groups in total. The van der Waals surface area contributed by atoms with Crippen LogP contribution in [-0.2, 0) is 6.54 Å². The number of aliphatic imine (C=N–C) groups is 1. The number of nitrogens with one attached hydrogen (secondary N) is 2. The molecule has 0 bridgehead atoms. The summed E-state index contributed by atoms with van der Waals surface area (Å²) in [7, 11) is 3.81. The fourth-order valence-electron chi connectivity index (χ4n) is 2.59. The van der Waals surface area contributed by atoms with Crippen LogP contribution in [0.3, 0.4) is 0 Å². The Morgan fingerprint density at radius 2 is 2.00 bits per heavy atom. The van der Waals surface area contributed by atoms with Gasteiger partial charge in [-0.05, 0) is 57.1 Å². The Bertz CT molecular complexity index is 511. The molecule has 0 aliphatic carbocycles. The third-order valence-corrected chi connectivity index (χ3v) is 4.07.